The van der Waals surface area contributed by atoms with Gasteiger partial charge in [0, 0.05) is 10.1 Å². The highest BCUT2D eigenvalue weighted by molar-refractivity contribution is 8.00. The molecule has 106 valence electrons. The van der Waals surface area contributed by atoms with Gasteiger partial charge in [0.2, 0.25) is 0 Å². The fraction of sp³-hybridized carbons (Fsp3) is 0.562. The lowest BCUT2D eigenvalue weighted by molar-refractivity contribution is 0.171. The molecule has 4 heteroatoms. The van der Waals surface area contributed by atoms with Crippen LogP contribution >= 0.6 is 11.8 Å². The third kappa shape index (κ3) is 2.88. The van der Waals surface area contributed by atoms with E-state index in [0.29, 0.717) is 24.4 Å². The fourth-order valence-electron chi connectivity index (χ4n) is 2.88. The Bertz CT molecular complexity index is 526. The summed E-state index contributed by atoms with van der Waals surface area (Å²) in [6.07, 6.45) is 3.33. The first-order valence-corrected chi connectivity index (χ1v) is 8.10. The number of fused-ring (bicyclic) bond motifs is 1. The fourth-order valence-corrected chi connectivity index (χ4v) is 4.34. The van der Waals surface area contributed by atoms with Gasteiger partial charge in [0.05, 0.1) is 12.0 Å². The quantitative estimate of drug-likeness (QED) is 0.828. The Morgan fingerprint density at radius 3 is 2.80 bits per heavy atom. The summed E-state index contributed by atoms with van der Waals surface area (Å²) in [5.41, 5.74) is 0. The van der Waals surface area contributed by atoms with E-state index in [1.54, 1.807) is 0 Å². The average molecular weight is 289 g/mol. The molecule has 1 heterocycles. The molecule has 0 spiro atoms. The smallest absolute Gasteiger partial charge is 0.162 e. The molecule has 1 aromatic rings. The zero-order chi connectivity index (χ0) is 13.9. The van der Waals surface area contributed by atoms with Gasteiger partial charge in [0.1, 0.15) is 13.2 Å². The maximum atomic E-state index is 9.31. The average Bonchev–Trinajstić information content (AvgIpc) is 2.47. The first-order chi connectivity index (χ1) is 9.76. The Balaban J connectivity index is 1.74. The molecule has 1 fully saturated rings. The van der Waals surface area contributed by atoms with E-state index in [0.717, 1.165) is 24.3 Å². The highest BCUT2D eigenvalue weighted by Gasteiger charge is 2.29. The van der Waals surface area contributed by atoms with Crippen LogP contribution in [0.3, 0.4) is 0 Å². The van der Waals surface area contributed by atoms with E-state index in [4.69, 9.17) is 9.47 Å². The lowest BCUT2D eigenvalue weighted by Crippen LogP contribution is -2.24. The molecule has 0 saturated heterocycles. The van der Waals surface area contributed by atoms with Gasteiger partial charge >= 0.3 is 0 Å². The zero-order valence-electron chi connectivity index (χ0n) is 11.7. The molecule has 3 rings (SSSR count). The lowest BCUT2D eigenvalue weighted by Gasteiger charge is -2.30. The summed E-state index contributed by atoms with van der Waals surface area (Å²) in [4.78, 5) is 1.17. The number of rotatable bonds is 2. The second-order valence-electron chi connectivity index (χ2n) is 5.62. The number of nitriles is 1. The number of ether oxygens (including phenoxy) is 2. The van der Waals surface area contributed by atoms with E-state index < -0.39 is 0 Å². The van der Waals surface area contributed by atoms with E-state index in [1.165, 1.54) is 11.3 Å². The van der Waals surface area contributed by atoms with Crippen molar-refractivity contribution < 1.29 is 9.47 Å². The third-order valence-electron chi connectivity index (χ3n) is 4.02. The van der Waals surface area contributed by atoms with Crippen molar-refractivity contribution in [1.82, 2.24) is 0 Å². The van der Waals surface area contributed by atoms with Crippen molar-refractivity contribution in [3.63, 3.8) is 0 Å². The van der Waals surface area contributed by atoms with Crippen LogP contribution in [0.2, 0.25) is 0 Å². The minimum absolute atomic E-state index is 0.171. The van der Waals surface area contributed by atoms with E-state index in [1.807, 2.05) is 23.9 Å². The summed E-state index contributed by atoms with van der Waals surface area (Å²) >= 11 is 1.82. The molecule has 0 N–H and O–H groups in total. The van der Waals surface area contributed by atoms with E-state index in [2.05, 4.69) is 19.1 Å². The first-order valence-electron chi connectivity index (χ1n) is 7.22. The van der Waals surface area contributed by atoms with Crippen molar-refractivity contribution in [2.24, 2.45) is 11.8 Å². The molecule has 0 amide bonds. The first kappa shape index (κ1) is 13.6. The normalized spacial score (nSPS) is 28.7. The molecular formula is C16H19NO2S. The van der Waals surface area contributed by atoms with Gasteiger partial charge in [-0.2, -0.15) is 5.26 Å². The molecule has 1 aliphatic heterocycles. The summed E-state index contributed by atoms with van der Waals surface area (Å²) < 4.78 is 11.2. The Labute approximate surface area is 124 Å². The number of hydrogen-bond acceptors (Lipinski definition) is 4. The number of thioether (sulfide) groups is 1. The summed E-state index contributed by atoms with van der Waals surface area (Å²) in [6, 6.07) is 8.58. The highest BCUT2D eigenvalue weighted by atomic mass is 32.2. The van der Waals surface area contributed by atoms with Gasteiger partial charge in [-0.15, -0.1) is 11.8 Å². The van der Waals surface area contributed by atoms with Gasteiger partial charge in [0.15, 0.2) is 11.5 Å². The van der Waals surface area contributed by atoms with Crippen LogP contribution in [0.4, 0.5) is 0 Å². The molecular weight excluding hydrogens is 270 g/mol. The molecule has 1 saturated carbocycles. The molecule has 3 unspecified atom stereocenters. The summed E-state index contributed by atoms with van der Waals surface area (Å²) in [6.45, 7) is 3.52. The Morgan fingerprint density at radius 2 is 2.00 bits per heavy atom. The van der Waals surface area contributed by atoms with Gasteiger partial charge in [-0.1, -0.05) is 6.92 Å². The summed E-state index contributed by atoms with van der Waals surface area (Å²) in [7, 11) is 0. The zero-order valence-corrected chi connectivity index (χ0v) is 12.5. The van der Waals surface area contributed by atoms with Crippen LogP contribution in [0.15, 0.2) is 23.1 Å². The largest absolute Gasteiger partial charge is 0.486 e. The molecule has 0 aromatic heterocycles. The standard InChI is InChI=1S/C16H19NO2S/c1-11-2-3-12(10-17)16(8-11)20-13-4-5-14-15(9-13)19-7-6-18-14/h4-5,9,11-12,16H,2-3,6-8H2,1H3. The van der Waals surface area contributed by atoms with Crippen molar-refractivity contribution in [2.75, 3.05) is 13.2 Å². The Kier molecular flexibility index (Phi) is 4.07. The number of nitrogens with zero attached hydrogens (tertiary/aromatic N) is 1. The number of hydrogen-bond donors (Lipinski definition) is 0. The highest BCUT2D eigenvalue weighted by Crippen LogP contribution is 2.42. The SMILES string of the molecule is CC1CCC(C#N)C(Sc2ccc3c(c2)OCCO3)C1. The third-order valence-corrected chi connectivity index (χ3v) is 5.37. The van der Waals surface area contributed by atoms with Crippen molar-refractivity contribution in [1.29, 1.82) is 5.26 Å². The number of benzene rings is 1. The van der Waals surface area contributed by atoms with E-state index in [-0.39, 0.29) is 5.92 Å². The molecule has 1 aromatic carbocycles. The maximum Gasteiger partial charge on any atom is 0.162 e. The topological polar surface area (TPSA) is 42.2 Å². The van der Waals surface area contributed by atoms with E-state index >= 15 is 0 Å². The molecule has 3 atom stereocenters. The van der Waals surface area contributed by atoms with Crippen LogP contribution in [0.1, 0.15) is 26.2 Å². The van der Waals surface area contributed by atoms with Crippen molar-refractivity contribution in [3.05, 3.63) is 18.2 Å². The predicted octanol–water partition coefficient (Wildman–Crippen LogP) is 3.88. The minimum atomic E-state index is 0.171. The van der Waals surface area contributed by atoms with Crippen LogP contribution < -0.4 is 9.47 Å². The second-order valence-corrected chi connectivity index (χ2v) is 6.93. The second kappa shape index (κ2) is 5.97. The van der Waals surface area contributed by atoms with Crippen LogP contribution in [0.25, 0.3) is 0 Å². The van der Waals surface area contributed by atoms with Crippen LogP contribution in [0.5, 0.6) is 11.5 Å². The van der Waals surface area contributed by atoms with E-state index in [9.17, 15) is 5.26 Å². The van der Waals surface area contributed by atoms with Gasteiger partial charge in [-0.25, -0.2) is 0 Å². The summed E-state index contributed by atoms with van der Waals surface area (Å²) in [5.74, 6) is 2.55. The van der Waals surface area contributed by atoms with Gasteiger partial charge in [-0.05, 0) is 43.4 Å². The maximum absolute atomic E-state index is 9.31. The monoisotopic (exact) mass is 289 g/mol. The Morgan fingerprint density at radius 1 is 1.20 bits per heavy atom. The van der Waals surface area contributed by atoms with Crippen LogP contribution in [0, 0.1) is 23.2 Å². The minimum Gasteiger partial charge on any atom is -0.486 e. The van der Waals surface area contributed by atoms with Crippen LogP contribution in [-0.4, -0.2) is 18.5 Å². The van der Waals surface area contributed by atoms with Crippen molar-refractivity contribution >= 4 is 11.8 Å². The summed E-state index contributed by atoms with van der Waals surface area (Å²) in [5, 5.41) is 9.70. The molecule has 0 radical (unpaired) electrons. The van der Waals surface area contributed by atoms with Gasteiger partial charge in [0.25, 0.3) is 0 Å². The molecule has 20 heavy (non-hydrogen) atoms. The van der Waals surface area contributed by atoms with Crippen molar-refractivity contribution in [2.45, 2.75) is 36.3 Å². The van der Waals surface area contributed by atoms with Crippen LogP contribution in [-0.2, 0) is 0 Å². The predicted molar refractivity (Wildman–Crippen MR) is 79.2 cm³/mol. The van der Waals surface area contributed by atoms with Gasteiger partial charge < -0.3 is 9.47 Å². The molecule has 2 aliphatic rings. The van der Waals surface area contributed by atoms with Crippen molar-refractivity contribution in [3.8, 4) is 17.6 Å². The Hall–Kier alpha value is -1.34. The van der Waals surface area contributed by atoms with Gasteiger partial charge in [-0.3, -0.25) is 0 Å². The molecule has 0 bridgehead atoms. The molecule has 1 aliphatic carbocycles. The lowest BCUT2D eigenvalue weighted by atomic mass is 9.83. The molecule has 3 nitrogen and oxygen atoms in total.